The maximum Gasteiger partial charge on any atom is 0.230 e. The number of rotatable bonds is 5. The molecule has 1 unspecified atom stereocenters. The van der Waals surface area contributed by atoms with E-state index in [0.29, 0.717) is 0 Å². The number of unbranched alkanes of at least 4 members (excludes halogenated alkanes) is 1. The second kappa shape index (κ2) is 5.59. The number of hydrogen-bond donors (Lipinski definition) is 1. The Morgan fingerprint density at radius 2 is 2.30 bits per heavy atom. The van der Waals surface area contributed by atoms with Gasteiger partial charge in [0.05, 0.1) is 5.25 Å². The summed E-state index contributed by atoms with van der Waals surface area (Å²) in [5.41, 5.74) is 5.13. The Kier molecular flexibility index (Phi) is 5.49. The van der Waals surface area contributed by atoms with Crippen LogP contribution in [0.4, 0.5) is 0 Å². The molecule has 1 atom stereocenters. The first-order chi connectivity index (χ1) is 4.72. The topological polar surface area (TPSA) is 43.1 Å². The Balaban J connectivity index is 3.50. The molecule has 0 spiro atoms. The molecule has 0 saturated carbocycles. The second-order valence-corrected chi connectivity index (χ2v) is 3.31. The highest BCUT2D eigenvalue weighted by Gasteiger charge is 2.11. The van der Waals surface area contributed by atoms with E-state index in [1.54, 1.807) is 11.8 Å². The Bertz CT molecular complexity index is 106. The first-order valence-electron chi connectivity index (χ1n) is 3.54. The van der Waals surface area contributed by atoms with Crippen molar-refractivity contribution in [1.29, 1.82) is 0 Å². The fourth-order valence-electron chi connectivity index (χ4n) is 0.766. The molecule has 0 saturated heterocycles. The zero-order valence-electron chi connectivity index (χ0n) is 6.59. The third-order valence-corrected chi connectivity index (χ3v) is 2.46. The quantitative estimate of drug-likeness (QED) is 0.662. The van der Waals surface area contributed by atoms with E-state index in [0.717, 1.165) is 19.3 Å². The van der Waals surface area contributed by atoms with Gasteiger partial charge in [0.15, 0.2) is 0 Å². The van der Waals surface area contributed by atoms with Crippen LogP contribution in [0.15, 0.2) is 0 Å². The molecule has 0 aromatic rings. The van der Waals surface area contributed by atoms with Gasteiger partial charge in [-0.25, -0.2) is 0 Å². The molecular weight excluding hydrogens is 146 g/mol. The molecule has 0 radical (unpaired) electrons. The summed E-state index contributed by atoms with van der Waals surface area (Å²) >= 11 is 1.54. The fourth-order valence-corrected chi connectivity index (χ4v) is 1.40. The Labute approximate surface area is 66.6 Å². The highest BCUT2D eigenvalue weighted by molar-refractivity contribution is 7.99. The van der Waals surface area contributed by atoms with Crippen LogP contribution in [-0.4, -0.2) is 17.4 Å². The smallest absolute Gasteiger partial charge is 0.230 e. The van der Waals surface area contributed by atoms with E-state index < -0.39 is 0 Å². The lowest BCUT2D eigenvalue weighted by atomic mass is 10.2. The molecule has 1 amide bonds. The van der Waals surface area contributed by atoms with Crippen LogP contribution >= 0.6 is 11.8 Å². The molecule has 3 heteroatoms. The van der Waals surface area contributed by atoms with E-state index >= 15 is 0 Å². The molecule has 2 N–H and O–H groups in total. The molecule has 0 aliphatic rings. The molecule has 0 aromatic carbocycles. The van der Waals surface area contributed by atoms with Gasteiger partial charge in [0.25, 0.3) is 0 Å². The molecule has 0 aromatic heterocycles. The van der Waals surface area contributed by atoms with Crippen LogP contribution in [0.2, 0.25) is 0 Å². The van der Waals surface area contributed by atoms with Crippen molar-refractivity contribution in [3.05, 3.63) is 0 Å². The van der Waals surface area contributed by atoms with Crippen LogP contribution in [0.25, 0.3) is 0 Å². The summed E-state index contributed by atoms with van der Waals surface area (Å²) in [5.74, 6) is -0.180. The molecule has 10 heavy (non-hydrogen) atoms. The number of thioether (sulfide) groups is 1. The summed E-state index contributed by atoms with van der Waals surface area (Å²) in [4.78, 5) is 10.6. The largest absolute Gasteiger partial charge is 0.369 e. The predicted molar refractivity (Wildman–Crippen MR) is 46.0 cm³/mol. The minimum atomic E-state index is -0.180. The Hall–Kier alpha value is -0.180. The Morgan fingerprint density at radius 1 is 1.70 bits per heavy atom. The van der Waals surface area contributed by atoms with Crippen molar-refractivity contribution in [2.24, 2.45) is 5.73 Å². The van der Waals surface area contributed by atoms with Gasteiger partial charge in [-0.15, -0.1) is 0 Å². The van der Waals surface area contributed by atoms with E-state index in [1.807, 2.05) is 6.26 Å². The van der Waals surface area contributed by atoms with E-state index in [-0.39, 0.29) is 11.2 Å². The van der Waals surface area contributed by atoms with Gasteiger partial charge < -0.3 is 5.73 Å². The molecule has 0 aliphatic carbocycles. The number of hydrogen-bond acceptors (Lipinski definition) is 2. The van der Waals surface area contributed by atoms with Crippen molar-refractivity contribution in [3.63, 3.8) is 0 Å². The van der Waals surface area contributed by atoms with Crippen LogP contribution in [0.3, 0.4) is 0 Å². The highest BCUT2D eigenvalue weighted by Crippen LogP contribution is 2.13. The van der Waals surface area contributed by atoms with Crippen LogP contribution in [0, 0.1) is 0 Å². The summed E-state index contributed by atoms with van der Waals surface area (Å²) < 4.78 is 0. The van der Waals surface area contributed by atoms with E-state index in [9.17, 15) is 4.79 Å². The number of nitrogens with two attached hydrogens (primary N) is 1. The summed E-state index contributed by atoms with van der Waals surface area (Å²) in [6.45, 7) is 2.11. The average molecular weight is 161 g/mol. The number of amides is 1. The summed E-state index contributed by atoms with van der Waals surface area (Å²) in [5, 5.41) is 0.0277. The van der Waals surface area contributed by atoms with Crippen LogP contribution in [-0.2, 0) is 4.79 Å². The van der Waals surface area contributed by atoms with Crippen molar-refractivity contribution >= 4 is 17.7 Å². The minimum Gasteiger partial charge on any atom is -0.369 e. The molecule has 0 bridgehead atoms. The monoisotopic (exact) mass is 161 g/mol. The van der Waals surface area contributed by atoms with Gasteiger partial charge in [0, 0.05) is 0 Å². The first-order valence-corrected chi connectivity index (χ1v) is 4.83. The van der Waals surface area contributed by atoms with Crippen molar-refractivity contribution in [2.45, 2.75) is 31.4 Å². The summed E-state index contributed by atoms with van der Waals surface area (Å²) in [6.07, 6.45) is 5.07. The second-order valence-electron chi connectivity index (χ2n) is 2.27. The van der Waals surface area contributed by atoms with Gasteiger partial charge in [0.1, 0.15) is 0 Å². The fraction of sp³-hybridized carbons (Fsp3) is 0.857. The predicted octanol–water partition coefficient (Wildman–Crippen LogP) is 1.39. The lowest BCUT2D eigenvalue weighted by Crippen LogP contribution is -2.25. The molecule has 60 valence electrons. The summed E-state index contributed by atoms with van der Waals surface area (Å²) in [7, 11) is 0. The number of carbonyl (C=O) groups is 1. The van der Waals surface area contributed by atoms with E-state index in [2.05, 4.69) is 6.92 Å². The molecule has 0 heterocycles. The van der Waals surface area contributed by atoms with Gasteiger partial charge in [-0.05, 0) is 12.7 Å². The van der Waals surface area contributed by atoms with Gasteiger partial charge in [-0.1, -0.05) is 19.8 Å². The van der Waals surface area contributed by atoms with Crippen LogP contribution < -0.4 is 5.73 Å². The highest BCUT2D eigenvalue weighted by atomic mass is 32.2. The molecule has 0 aliphatic heterocycles. The van der Waals surface area contributed by atoms with Gasteiger partial charge >= 0.3 is 0 Å². The lowest BCUT2D eigenvalue weighted by molar-refractivity contribution is -0.117. The first kappa shape index (κ1) is 9.82. The minimum absolute atomic E-state index is 0.0277. The SMILES string of the molecule is CCCCC(SC)C(N)=O. The third kappa shape index (κ3) is 3.77. The summed E-state index contributed by atoms with van der Waals surface area (Å²) in [6, 6.07) is 0. The standard InChI is InChI=1S/C7H15NOS/c1-3-4-5-6(10-2)7(8)9/h6H,3-5H2,1-2H3,(H2,8,9). The number of carbonyl (C=O) groups excluding carboxylic acids is 1. The molecular formula is C7H15NOS. The van der Waals surface area contributed by atoms with Crippen molar-refractivity contribution in [2.75, 3.05) is 6.26 Å². The van der Waals surface area contributed by atoms with Gasteiger partial charge in [-0.2, -0.15) is 11.8 Å². The maximum absolute atomic E-state index is 10.6. The van der Waals surface area contributed by atoms with E-state index in [4.69, 9.17) is 5.73 Å². The lowest BCUT2D eigenvalue weighted by Gasteiger charge is -2.07. The molecule has 2 nitrogen and oxygen atoms in total. The van der Waals surface area contributed by atoms with Crippen LogP contribution in [0.1, 0.15) is 26.2 Å². The Morgan fingerprint density at radius 3 is 2.60 bits per heavy atom. The maximum atomic E-state index is 10.6. The molecule has 0 rings (SSSR count). The average Bonchev–Trinajstić information content (AvgIpc) is 1.89. The molecule has 0 fully saturated rings. The van der Waals surface area contributed by atoms with E-state index in [1.165, 1.54) is 0 Å². The van der Waals surface area contributed by atoms with Crippen molar-refractivity contribution < 1.29 is 4.79 Å². The third-order valence-electron chi connectivity index (χ3n) is 1.42. The van der Waals surface area contributed by atoms with Crippen molar-refractivity contribution in [3.8, 4) is 0 Å². The van der Waals surface area contributed by atoms with Gasteiger partial charge in [0.2, 0.25) is 5.91 Å². The number of primary amides is 1. The van der Waals surface area contributed by atoms with Crippen LogP contribution in [0.5, 0.6) is 0 Å². The van der Waals surface area contributed by atoms with Crippen molar-refractivity contribution in [1.82, 2.24) is 0 Å². The zero-order chi connectivity index (χ0) is 7.98. The normalized spacial score (nSPS) is 13.0. The van der Waals surface area contributed by atoms with Gasteiger partial charge in [-0.3, -0.25) is 4.79 Å². The zero-order valence-corrected chi connectivity index (χ0v) is 7.41.